The smallest absolute Gasteiger partial charge is 0.339 e. The number of hydrogen-bond donors (Lipinski definition) is 1. The summed E-state index contributed by atoms with van der Waals surface area (Å²) in [5.41, 5.74) is 6.66. The van der Waals surface area contributed by atoms with Gasteiger partial charge in [0.05, 0.1) is 10.0 Å². The van der Waals surface area contributed by atoms with Gasteiger partial charge in [0.25, 0.3) is 0 Å². The number of esters is 1. The van der Waals surface area contributed by atoms with Crippen LogP contribution < -0.4 is 5.73 Å². The molecule has 0 aliphatic rings. The number of benzene rings is 1. The van der Waals surface area contributed by atoms with Gasteiger partial charge in [-0.3, -0.25) is 0 Å². The van der Waals surface area contributed by atoms with E-state index in [1.165, 1.54) is 0 Å². The van der Waals surface area contributed by atoms with Gasteiger partial charge in [-0.15, -0.1) is 0 Å². The van der Waals surface area contributed by atoms with Crippen molar-refractivity contribution in [1.29, 1.82) is 0 Å². The van der Waals surface area contributed by atoms with Crippen LogP contribution in [0.1, 0.15) is 10.4 Å². The Morgan fingerprint density at radius 2 is 2.19 bits per heavy atom. The van der Waals surface area contributed by atoms with Crippen molar-refractivity contribution in [3.05, 3.63) is 28.2 Å². The summed E-state index contributed by atoms with van der Waals surface area (Å²) in [6.45, 7) is 1.07. The molecule has 0 bridgehead atoms. The normalized spacial score (nSPS) is 10.5. The fourth-order valence-electron chi connectivity index (χ4n) is 1.11. The topological polar surface area (TPSA) is 55.6 Å². The Balaban J connectivity index is 2.63. The number of nitrogens with zero attached hydrogens (tertiary/aromatic N) is 1. The van der Waals surface area contributed by atoms with Gasteiger partial charge in [-0.25, -0.2) is 4.79 Å². The molecule has 0 unspecified atom stereocenters. The molecule has 2 N–H and O–H groups in total. The molecular weight excluding hydrogens is 272 g/mol. The Hall–Kier alpha value is -1.07. The zero-order valence-electron chi connectivity index (χ0n) is 9.37. The van der Waals surface area contributed by atoms with Crippen molar-refractivity contribution >= 4 is 27.6 Å². The number of ether oxygens (including phenoxy) is 1. The maximum atomic E-state index is 11.7. The third kappa shape index (κ3) is 3.50. The molecule has 16 heavy (non-hydrogen) atoms. The van der Waals surface area contributed by atoms with E-state index < -0.39 is 0 Å². The fraction of sp³-hybridized carbons (Fsp3) is 0.364. The van der Waals surface area contributed by atoms with Crippen molar-refractivity contribution in [2.45, 2.75) is 0 Å². The number of nitrogen functional groups attached to an aromatic ring is 1. The van der Waals surface area contributed by atoms with Crippen molar-refractivity contribution in [3.8, 4) is 0 Å². The minimum atomic E-state index is -0.360. The Morgan fingerprint density at radius 3 is 2.81 bits per heavy atom. The number of anilines is 1. The molecule has 0 aromatic heterocycles. The van der Waals surface area contributed by atoms with Gasteiger partial charge in [-0.05, 0) is 42.2 Å². The monoisotopic (exact) mass is 286 g/mol. The summed E-state index contributed by atoms with van der Waals surface area (Å²) < 4.78 is 5.70. The number of carbonyl (C=O) groups excluding carboxylic acids is 1. The van der Waals surface area contributed by atoms with E-state index in [2.05, 4.69) is 15.9 Å². The SMILES string of the molecule is CN(C)CCOC(=O)c1cccc(N)c1Br. The number of halogens is 1. The average Bonchev–Trinajstić information content (AvgIpc) is 2.21. The van der Waals surface area contributed by atoms with Gasteiger partial charge >= 0.3 is 5.97 Å². The third-order valence-electron chi connectivity index (χ3n) is 2.02. The molecule has 0 spiro atoms. The van der Waals surface area contributed by atoms with Gasteiger partial charge in [-0.1, -0.05) is 6.07 Å². The summed E-state index contributed by atoms with van der Waals surface area (Å²) in [6, 6.07) is 5.13. The maximum absolute atomic E-state index is 11.7. The fourth-order valence-corrected chi connectivity index (χ4v) is 1.53. The van der Waals surface area contributed by atoms with Crippen molar-refractivity contribution in [1.82, 2.24) is 4.90 Å². The Bertz CT molecular complexity index is 380. The largest absolute Gasteiger partial charge is 0.461 e. The number of hydrogen-bond acceptors (Lipinski definition) is 4. The maximum Gasteiger partial charge on any atom is 0.339 e. The van der Waals surface area contributed by atoms with Crippen molar-refractivity contribution in [2.75, 3.05) is 33.0 Å². The van der Waals surface area contributed by atoms with Crippen LogP contribution >= 0.6 is 15.9 Å². The van der Waals surface area contributed by atoms with Crippen LogP contribution in [0, 0.1) is 0 Å². The molecule has 0 aliphatic heterocycles. The third-order valence-corrected chi connectivity index (χ3v) is 2.91. The van der Waals surface area contributed by atoms with Crippen LogP contribution in [0.25, 0.3) is 0 Å². The molecule has 0 amide bonds. The highest BCUT2D eigenvalue weighted by atomic mass is 79.9. The first kappa shape index (κ1) is 13.0. The molecular formula is C11H15BrN2O2. The number of likely N-dealkylation sites (N-methyl/N-ethyl adjacent to an activating group) is 1. The summed E-state index contributed by atoms with van der Waals surface area (Å²) in [7, 11) is 3.84. The van der Waals surface area contributed by atoms with E-state index in [4.69, 9.17) is 10.5 Å². The molecule has 1 aromatic carbocycles. The zero-order chi connectivity index (χ0) is 12.1. The number of nitrogens with two attached hydrogens (primary N) is 1. The highest BCUT2D eigenvalue weighted by Crippen LogP contribution is 2.24. The van der Waals surface area contributed by atoms with Gasteiger partial charge in [-0.2, -0.15) is 0 Å². The molecule has 0 fully saturated rings. The first-order chi connectivity index (χ1) is 7.52. The standard InChI is InChI=1S/C11H15BrN2O2/c1-14(2)6-7-16-11(15)8-4-3-5-9(13)10(8)12/h3-5H,6-7,13H2,1-2H3. The minimum absolute atomic E-state index is 0.360. The van der Waals surface area contributed by atoms with Crippen LogP contribution in [0.5, 0.6) is 0 Å². The first-order valence-corrected chi connectivity index (χ1v) is 5.67. The Labute approximate surface area is 103 Å². The lowest BCUT2D eigenvalue weighted by Crippen LogP contribution is -2.20. The van der Waals surface area contributed by atoms with E-state index in [1.54, 1.807) is 18.2 Å². The second-order valence-electron chi connectivity index (χ2n) is 3.65. The van der Waals surface area contributed by atoms with Crippen LogP contribution in [0.2, 0.25) is 0 Å². The van der Waals surface area contributed by atoms with Gasteiger partial charge < -0.3 is 15.4 Å². The molecule has 0 heterocycles. The predicted molar refractivity (Wildman–Crippen MR) is 67.4 cm³/mol. The molecule has 0 atom stereocenters. The van der Waals surface area contributed by atoms with E-state index in [0.29, 0.717) is 28.9 Å². The molecule has 5 heteroatoms. The van der Waals surface area contributed by atoms with Gasteiger partial charge in [0.15, 0.2) is 0 Å². The summed E-state index contributed by atoms with van der Waals surface area (Å²) in [5, 5.41) is 0. The first-order valence-electron chi connectivity index (χ1n) is 4.88. The minimum Gasteiger partial charge on any atom is -0.461 e. The summed E-state index contributed by atoms with van der Waals surface area (Å²) in [5.74, 6) is -0.360. The second-order valence-corrected chi connectivity index (χ2v) is 4.44. The van der Waals surface area contributed by atoms with Crippen molar-refractivity contribution < 1.29 is 9.53 Å². The lowest BCUT2D eigenvalue weighted by atomic mass is 10.2. The zero-order valence-corrected chi connectivity index (χ0v) is 11.0. The van der Waals surface area contributed by atoms with Crippen LogP contribution in [0.4, 0.5) is 5.69 Å². The molecule has 1 aromatic rings. The van der Waals surface area contributed by atoms with Gasteiger partial charge in [0, 0.05) is 12.2 Å². The predicted octanol–water partition coefficient (Wildman–Crippen LogP) is 1.75. The highest BCUT2D eigenvalue weighted by Gasteiger charge is 2.12. The van der Waals surface area contributed by atoms with Crippen LogP contribution in [0.3, 0.4) is 0 Å². The summed E-state index contributed by atoms with van der Waals surface area (Å²) in [4.78, 5) is 13.6. The van der Waals surface area contributed by atoms with E-state index in [9.17, 15) is 4.79 Å². The van der Waals surface area contributed by atoms with Crippen molar-refractivity contribution in [3.63, 3.8) is 0 Å². The molecule has 0 aliphatic carbocycles. The quantitative estimate of drug-likeness (QED) is 0.677. The Morgan fingerprint density at radius 1 is 1.50 bits per heavy atom. The molecule has 0 radical (unpaired) electrons. The molecule has 4 nitrogen and oxygen atoms in total. The second kappa shape index (κ2) is 5.86. The molecule has 1 rings (SSSR count). The molecule has 88 valence electrons. The van der Waals surface area contributed by atoms with E-state index >= 15 is 0 Å². The number of carbonyl (C=O) groups is 1. The highest BCUT2D eigenvalue weighted by molar-refractivity contribution is 9.10. The summed E-state index contributed by atoms with van der Waals surface area (Å²) in [6.07, 6.45) is 0. The van der Waals surface area contributed by atoms with Crippen LogP contribution in [-0.2, 0) is 4.74 Å². The molecule has 0 saturated heterocycles. The van der Waals surface area contributed by atoms with Crippen molar-refractivity contribution in [2.24, 2.45) is 0 Å². The Kier molecular flexibility index (Phi) is 4.76. The van der Waals surface area contributed by atoms with Crippen LogP contribution in [0.15, 0.2) is 22.7 Å². The van der Waals surface area contributed by atoms with E-state index in [-0.39, 0.29) is 5.97 Å². The summed E-state index contributed by atoms with van der Waals surface area (Å²) >= 11 is 3.27. The number of rotatable bonds is 4. The lowest BCUT2D eigenvalue weighted by molar-refractivity contribution is 0.0481. The average molecular weight is 287 g/mol. The lowest BCUT2D eigenvalue weighted by Gasteiger charge is -2.11. The molecule has 0 saturated carbocycles. The van der Waals surface area contributed by atoms with Crippen LogP contribution in [-0.4, -0.2) is 38.1 Å². The van der Waals surface area contributed by atoms with E-state index in [0.717, 1.165) is 0 Å². The van der Waals surface area contributed by atoms with Gasteiger partial charge in [0.2, 0.25) is 0 Å². The van der Waals surface area contributed by atoms with Gasteiger partial charge in [0.1, 0.15) is 6.61 Å². The van der Waals surface area contributed by atoms with E-state index in [1.807, 2.05) is 19.0 Å².